The first-order chi connectivity index (χ1) is 8.42. The van der Waals surface area contributed by atoms with Crippen molar-refractivity contribution in [3.05, 3.63) is 5.28 Å². The molecule has 1 heterocycles. The Morgan fingerprint density at radius 3 is 2.50 bits per heavy atom. The van der Waals surface area contributed by atoms with Crippen molar-refractivity contribution in [1.82, 2.24) is 15.0 Å². The smallest absolute Gasteiger partial charge is 0.328 e. The van der Waals surface area contributed by atoms with E-state index in [0.717, 1.165) is 0 Å². The fraction of sp³-hybridized carbons (Fsp3) is 0.600. The molecule has 18 heavy (non-hydrogen) atoms. The van der Waals surface area contributed by atoms with Crippen LogP contribution in [0.2, 0.25) is 5.28 Å². The summed E-state index contributed by atoms with van der Waals surface area (Å²) < 4.78 is 9.87. The van der Waals surface area contributed by atoms with Gasteiger partial charge >= 0.3 is 12.0 Å². The summed E-state index contributed by atoms with van der Waals surface area (Å²) in [6.07, 6.45) is -0.0886. The van der Waals surface area contributed by atoms with Crippen LogP contribution < -0.4 is 10.1 Å². The van der Waals surface area contributed by atoms with E-state index in [0.29, 0.717) is 0 Å². The number of esters is 1. The highest BCUT2D eigenvalue weighted by Crippen LogP contribution is 2.13. The number of rotatable bonds is 5. The zero-order valence-electron chi connectivity index (χ0n) is 10.6. The highest BCUT2D eigenvalue weighted by Gasteiger charge is 2.15. The highest BCUT2D eigenvalue weighted by molar-refractivity contribution is 6.28. The molecule has 8 heteroatoms. The molecular formula is C10H15ClN4O3. The van der Waals surface area contributed by atoms with E-state index >= 15 is 0 Å². The average Bonchev–Trinajstić information content (AvgIpc) is 2.25. The second-order valence-electron chi connectivity index (χ2n) is 3.77. The summed E-state index contributed by atoms with van der Waals surface area (Å²) in [6.45, 7) is 5.29. The quantitative estimate of drug-likeness (QED) is 0.810. The molecule has 0 saturated heterocycles. The molecule has 100 valence electrons. The first-order valence-electron chi connectivity index (χ1n) is 5.35. The second-order valence-corrected chi connectivity index (χ2v) is 4.10. The van der Waals surface area contributed by atoms with Crippen LogP contribution in [0.3, 0.4) is 0 Å². The first-order valence-corrected chi connectivity index (χ1v) is 5.72. The van der Waals surface area contributed by atoms with Gasteiger partial charge in [-0.15, -0.1) is 0 Å². The third kappa shape index (κ3) is 4.33. The molecule has 0 bridgehead atoms. The van der Waals surface area contributed by atoms with Crippen LogP contribution in [0.1, 0.15) is 20.8 Å². The van der Waals surface area contributed by atoms with Crippen LogP contribution in [0.4, 0.5) is 5.95 Å². The number of hydrogen-bond acceptors (Lipinski definition) is 7. The topological polar surface area (TPSA) is 86.2 Å². The molecule has 0 fully saturated rings. The summed E-state index contributed by atoms with van der Waals surface area (Å²) in [7, 11) is 1.30. The summed E-state index contributed by atoms with van der Waals surface area (Å²) in [5.41, 5.74) is 0. The van der Waals surface area contributed by atoms with E-state index in [9.17, 15) is 4.79 Å². The Morgan fingerprint density at radius 2 is 1.94 bits per heavy atom. The van der Waals surface area contributed by atoms with Crippen LogP contribution in [0.25, 0.3) is 0 Å². The van der Waals surface area contributed by atoms with Gasteiger partial charge in [-0.25, -0.2) is 4.79 Å². The largest absolute Gasteiger partial charge is 0.467 e. The third-order valence-electron chi connectivity index (χ3n) is 1.83. The van der Waals surface area contributed by atoms with E-state index < -0.39 is 12.0 Å². The molecule has 1 rings (SSSR count). The number of hydrogen-bond donors (Lipinski definition) is 1. The Labute approximate surface area is 110 Å². The van der Waals surface area contributed by atoms with Crippen LogP contribution in [0.15, 0.2) is 0 Å². The van der Waals surface area contributed by atoms with Crippen molar-refractivity contribution in [2.45, 2.75) is 32.9 Å². The van der Waals surface area contributed by atoms with Gasteiger partial charge in [-0.05, 0) is 32.4 Å². The number of anilines is 1. The van der Waals surface area contributed by atoms with Gasteiger partial charge in [0, 0.05) is 0 Å². The molecule has 0 radical (unpaired) electrons. The molecule has 0 aliphatic heterocycles. The van der Waals surface area contributed by atoms with Crippen molar-refractivity contribution in [2.24, 2.45) is 0 Å². The van der Waals surface area contributed by atoms with Gasteiger partial charge in [0.2, 0.25) is 11.2 Å². The van der Waals surface area contributed by atoms with Gasteiger partial charge in [-0.3, -0.25) is 0 Å². The normalized spacial score (nSPS) is 12.1. The SMILES string of the molecule is COC(=O)C(C)Nc1nc(Cl)nc(OC(C)C)n1. The number of carbonyl (C=O) groups excluding carboxylic acids is 1. The number of nitrogens with one attached hydrogen (secondary N) is 1. The molecule has 1 unspecified atom stereocenters. The Kier molecular flexibility index (Phi) is 5.08. The lowest BCUT2D eigenvalue weighted by Gasteiger charge is -2.12. The first kappa shape index (κ1) is 14.4. The zero-order chi connectivity index (χ0) is 13.7. The van der Waals surface area contributed by atoms with Crippen molar-refractivity contribution in [3.63, 3.8) is 0 Å². The van der Waals surface area contributed by atoms with Gasteiger partial charge < -0.3 is 14.8 Å². The van der Waals surface area contributed by atoms with Crippen molar-refractivity contribution in [1.29, 1.82) is 0 Å². The van der Waals surface area contributed by atoms with Gasteiger partial charge in [0.25, 0.3) is 0 Å². The van der Waals surface area contributed by atoms with Gasteiger partial charge in [-0.2, -0.15) is 15.0 Å². The molecule has 0 amide bonds. The van der Waals surface area contributed by atoms with E-state index in [2.05, 4.69) is 25.0 Å². The summed E-state index contributed by atoms with van der Waals surface area (Å²) in [5.74, 6) is -0.276. The lowest BCUT2D eigenvalue weighted by Crippen LogP contribution is -2.28. The Hall–Kier alpha value is -1.63. The van der Waals surface area contributed by atoms with Gasteiger partial charge in [-0.1, -0.05) is 0 Å². The molecule has 1 N–H and O–H groups in total. The Balaban J connectivity index is 2.82. The molecular weight excluding hydrogens is 260 g/mol. The maximum Gasteiger partial charge on any atom is 0.328 e. The average molecular weight is 275 g/mol. The molecule has 0 saturated carbocycles. The van der Waals surface area contributed by atoms with Gasteiger partial charge in [0.05, 0.1) is 13.2 Å². The highest BCUT2D eigenvalue weighted by atomic mass is 35.5. The van der Waals surface area contributed by atoms with E-state index in [-0.39, 0.29) is 23.3 Å². The van der Waals surface area contributed by atoms with Crippen LogP contribution in [0.5, 0.6) is 6.01 Å². The number of methoxy groups -OCH3 is 1. The molecule has 0 spiro atoms. The number of aromatic nitrogens is 3. The third-order valence-corrected chi connectivity index (χ3v) is 2.00. The van der Waals surface area contributed by atoms with E-state index in [4.69, 9.17) is 16.3 Å². The maximum atomic E-state index is 11.2. The van der Waals surface area contributed by atoms with Crippen LogP contribution in [-0.4, -0.2) is 40.2 Å². The zero-order valence-corrected chi connectivity index (χ0v) is 11.4. The van der Waals surface area contributed by atoms with E-state index in [1.54, 1.807) is 6.92 Å². The molecule has 0 aromatic carbocycles. The fourth-order valence-electron chi connectivity index (χ4n) is 1.09. The van der Waals surface area contributed by atoms with Crippen molar-refractivity contribution in [3.8, 4) is 6.01 Å². The molecule has 0 aliphatic rings. The number of carbonyl (C=O) groups is 1. The maximum absolute atomic E-state index is 11.2. The fourth-order valence-corrected chi connectivity index (χ4v) is 1.24. The molecule has 0 aliphatic carbocycles. The molecule has 1 atom stereocenters. The summed E-state index contributed by atoms with van der Waals surface area (Å²) >= 11 is 5.73. The molecule has 7 nitrogen and oxygen atoms in total. The van der Waals surface area contributed by atoms with Crippen LogP contribution >= 0.6 is 11.6 Å². The van der Waals surface area contributed by atoms with Crippen LogP contribution in [0, 0.1) is 0 Å². The summed E-state index contributed by atoms with van der Waals surface area (Å²) in [5, 5.41) is 2.73. The molecule has 1 aromatic rings. The summed E-state index contributed by atoms with van der Waals surface area (Å²) in [4.78, 5) is 22.9. The monoisotopic (exact) mass is 274 g/mol. The number of halogens is 1. The lowest BCUT2D eigenvalue weighted by atomic mass is 10.3. The second kappa shape index (κ2) is 6.34. The predicted octanol–water partition coefficient (Wildman–Crippen LogP) is 1.29. The van der Waals surface area contributed by atoms with Crippen LogP contribution in [-0.2, 0) is 9.53 Å². The molecule has 1 aromatic heterocycles. The standard InChI is InChI=1S/C10H15ClN4O3/c1-5(2)18-10-14-8(11)13-9(15-10)12-6(3)7(16)17-4/h5-6H,1-4H3,(H,12,13,14,15). The predicted molar refractivity (Wildman–Crippen MR) is 65.7 cm³/mol. The van der Waals surface area contributed by atoms with E-state index in [1.807, 2.05) is 13.8 Å². The van der Waals surface area contributed by atoms with Crippen molar-refractivity contribution >= 4 is 23.5 Å². The summed E-state index contributed by atoms with van der Waals surface area (Å²) in [6, 6.07) is -0.495. The van der Waals surface area contributed by atoms with Gasteiger partial charge in [0.1, 0.15) is 6.04 Å². The minimum absolute atomic E-state index is 0.0137. The minimum atomic E-state index is -0.597. The van der Waals surface area contributed by atoms with Crippen molar-refractivity contribution < 1.29 is 14.3 Å². The Morgan fingerprint density at radius 1 is 1.28 bits per heavy atom. The van der Waals surface area contributed by atoms with Crippen molar-refractivity contribution in [2.75, 3.05) is 12.4 Å². The van der Waals surface area contributed by atoms with Gasteiger partial charge in [0.15, 0.2) is 0 Å². The lowest BCUT2D eigenvalue weighted by molar-refractivity contribution is -0.141. The number of ether oxygens (including phenoxy) is 2. The number of nitrogens with zero attached hydrogens (tertiary/aromatic N) is 3. The minimum Gasteiger partial charge on any atom is -0.467 e. The Bertz CT molecular complexity index is 428. The van der Waals surface area contributed by atoms with E-state index in [1.165, 1.54) is 7.11 Å².